The number of methoxy groups -OCH3 is 1. The Morgan fingerprint density at radius 1 is 1.45 bits per heavy atom. The molecule has 0 aliphatic heterocycles. The van der Waals surface area contributed by atoms with Crippen LogP contribution in [0.4, 0.5) is 21.6 Å². The Morgan fingerprint density at radius 3 is 2.85 bits per heavy atom. The Hall–Kier alpha value is -2.22. The van der Waals surface area contributed by atoms with Crippen molar-refractivity contribution in [2.75, 3.05) is 12.4 Å². The van der Waals surface area contributed by atoms with E-state index >= 15 is 0 Å². The lowest BCUT2D eigenvalue weighted by molar-refractivity contribution is -0.384. The maximum atomic E-state index is 13.7. The minimum Gasteiger partial charge on any atom is -0.497 e. The van der Waals surface area contributed by atoms with Crippen LogP contribution < -0.4 is 10.1 Å². The van der Waals surface area contributed by atoms with Crippen LogP contribution in [0.25, 0.3) is 0 Å². The standard InChI is InChI=1S/C12H9BrFN3O3/c1-20-8-2-3-9(14)10(5-8)16-12-11(17(18)19)4-7(13)6-15-12/h2-6H,1H3,(H,15,16). The van der Waals surface area contributed by atoms with Crippen molar-refractivity contribution in [3.05, 3.63) is 50.9 Å². The number of halogens is 2. The number of anilines is 2. The molecule has 2 rings (SSSR count). The summed E-state index contributed by atoms with van der Waals surface area (Å²) in [7, 11) is 1.44. The molecule has 0 bridgehead atoms. The SMILES string of the molecule is COc1ccc(F)c(Nc2ncc(Br)cc2[N+](=O)[O-])c1. The second-order valence-electron chi connectivity index (χ2n) is 3.75. The molecule has 0 unspecified atom stereocenters. The molecule has 1 heterocycles. The average Bonchev–Trinajstić information content (AvgIpc) is 2.42. The first-order valence-corrected chi connectivity index (χ1v) is 6.21. The Balaban J connectivity index is 2.42. The third kappa shape index (κ3) is 3.02. The van der Waals surface area contributed by atoms with Crippen molar-refractivity contribution in [3.63, 3.8) is 0 Å². The number of nitro groups is 1. The van der Waals surface area contributed by atoms with E-state index < -0.39 is 10.7 Å². The van der Waals surface area contributed by atoms with Gasteiger partial charge in [-0.2, -0.15) is 0 Å². The Bertz CT molecular complexity index is 666. The number of hydrogen-bond donors (Lipinski definition) is 1. The molecule has 0 atom stereocenters. The smallest absolute Gasteiger partial charge is 0.312 e. The third-order valence-corrected chi connectivity index (χ3v) is 2.89. The molecule has 0 amide bonds. The van der Waals surface area contributed by atoms with Crippen molar-refractivity contribution in [1.29, 1.82) is 0 Å². The van der Waals surface area contributed by atoms with Crippen LogP contribution in [-0.2, 0) is 0 Å². The zero-order chi connectivity index (χ0) is 14.7. The van der Waals surface area contributed by atoms with Gasteiger partial charge in [-0.1, -0.05) is 0 Å². The molecule has 0 aliphatic rings. The van der Waals surface area contributed by atoms with Crippen molar-refractivity contribution in [3.8, 4) is 5.75 Å². The highest BCUT2D eigenvalue weighted by atomic mass is 79.9. The van der Waals surface area contributed by atoms with Crippen LogP contribution in [0.5, 0.6) is 5.75 Å². The van der Waals surface area contributed by atoms with Gasteiger partial charge < -0.3 is 10.1 Å². The van der Waals surface area contributed by atoms with Gasteiger partial charge in [0.25, 0.3) is 0 Å². The molecule has 1 N–H and O–H groups in total. The molecule has 0 radical (unpaired) electrons. The molecule has 2 aromatic rings. The van der Waals surface area contributed by atoms with E-state index in [-0.39, 0.29) is 17.2 Å². The largest absolute Gasteiger partial charge is 0.497 e. The minimum atomic E-state index is -0.599. The molecule has 0 saturated carbocycles. The molecular weight excluding hydrogens is 333 g/mol. The number of pyridine rings is 1. The summed E-state index contributed by atoms with van der Waals surface area (Å²) in [6, 6.07) is 5.33. The van der Waals surface area contributed by atoms with E-state index in [0.29, 0.717) is 10.2 Å². The fraction of sp³-hybridized carbons (Fsp3) is 0.0833. The number of nitrogens with one attached hydrogen (secondary N) is 1. The topological polar surface area (TPSA) is 77.3 Å². The molecule has 0 fully saturated rings. The number of benzene rings is 1. The summed E-state index contributed by atoms with van der Waals surface area (Å²) in [5.74, 6) is -0.191. The van der Waals surface area contributed by atoms with Crippen LogP contribution in [0, 0.1) is 15.9 Å². The molecule has 104 valence electrons. The summed E-state index contributed by atoms with van der Waals surface area (Å²) >= 11 is 3.10. The van der Waals surface area contributed by atoms with Crippen LogP contribution in [0.2, 0.25) is 0 Å². The van der Waals surface area contributed by atoms with E-state index in [2.05, 4.69) is 26.2 Å². The van der Waals surface area contributed by atoms with Gasteiger partial charge in [0.15, 0.2) is 0 Å². The van der Waals surface area contributed by atoms with E-state index in [1.54, 1.807) is 0 Å². The van der Waals surface area contributed by atoms with Gasteiger partial charge in [-0.25, -0.2) is 9.37 Å². The summed E-state index contributed by atoms with van der Waals surface area (Å²) < 4.78 is 19.1. The Kier molecular flexibility index (Phi) is 4.14. The highest BCUT2D eigenvalue weighted by Gasteiger charge is 2.17. The first-order chi connectivity index (χ1) is 9.51. The molecular formula is C12H9BrFN3O3. The Morgan fingerprint density at radius 2 is 2.20 bits per heavy atom. The maximum absolute atomic E-state index is 13.7. The van der Waals surface area contributed by atoms with E-state index in [0.717, 1.165) is 0 Å². The first-order valence-electron chi connectivity index (χ1n) is 5.41. The highest BCUT2D eigenvalue weighted by molar-refractivity contribution is 9.10. The molecule has 0 aliphatic carbocycles. The molecule has 1 aromatic carbocycles. The normalized spacial score (nSPS) is 10.2. The molecule has 0 spiro atoms. The van der Waals surface area contributed by atoms with Gasteiger partial charge in [-0.3, -0.25) is 10.1 Å². The van der Waals surface area contributed by atoms with Gasteiger partial charge >= 0.3 is 5.69 Å². The lowest BCUT2D eigenvalue weighted by Crippen LogP contribution is -2.01. The van der Waals surface area contributed by atoms with Crippen LogP contribution in [0.15, 0.2) is 34.9 Å². The van der Waals surface area contributed by atoms with Crippen LogP contribution in [0.3, 0.4) is 0 Å². The fourth-order valence-electron chi connectivity index (χ4n) is 1.52. The van der Waals surface area contributed by atoms with E-state index in [9.17, 15) is 14.5 Å². The van der Waals surface area contributed by atoms with Crippen LogP contribution >= 0.6 is 15.9 Å². The van der Waals surface area contributed by atoms with Gasteiger partial charge in [0, 0.05) is 22.8 Å². The third-order valence-electron chi connectivity index (χ3n) is 2.46. The van der Waals surface area contributed by atoms with E-state index in [1.807, 2.05) is 0 Å². The van der Waals surface area contributed by atoms with Crippen molar-refractivity contribution >= 4 is 33.1 Å². The molecule has 1 aromatic heterocycles. The lowest BCUT2D eigenvalue weighted by Gasteiger charge is -2.09. The number of ether oxygens (including phenoxy) is 1. The van der Waals surface area contributed by atoms with Crippen molar-refractivity contribution in [2.45, 2.75) is 0 Å². The van der Waals surface area contributed by atoms with Crippen LogP contribution in [0.1, 0.15) is 0 Å². The fourth-order valence-corrected chi connectivity index (χ4v) is 1.84. The predicted octanol–water partition coefficient (Wildman–Crippen LogP) is 3.64. The molecule has 0 saturated heterocycles. The predicted molar refractivity (Wildman–Crippen MR) is 74.8 cm³/mol. The number of nitrogens with zero attached hydrogens (tertiary/aromatic N) is 2. The minimum absolute atomic E-state index is 0.0438. The van der Waals surface area contributed by atoms with Crippen LogP contribution in [-0.4, -0.2) is 17.0 Å². The van der Waals surface area contributed by atoms with Gasteiger partial charge in [0.05, 0.1) is 17.7 Å². The highest BCUT2D eigenvalue weighted by Crippen LogP contribution is 2.30. The summed E-state index contributed by atoms with van der Waals surface area (Å²) in [6.07, 6.45) is 1.38. The van der Waals surface area contributed by atoms with Crippen molar-refractivity contribution in [2.24, 2.45) is 0 Å². The second kappa shape index (κ2) is 5.83. The zero-order valence-corrected chi connectivity index (χ0v) is 11.8. The quantitative estimate of drug-likeness (QED) is 0.678. The van der Waals surface area contributed by atoms with Gasteiger partial charge in [0.1, 0.15) is 11.6 Å². The second-order valence-corrected chi connectivity index (χ2v) is 4.66. The monoisotopic (exact) mass is 341 g/mol. The first kappa shape index (κ1) is 14.2. The molecule has 6 nitrogen and oxygen atoms in total. The van der Waals surface area contributed by atoms with Crippen molar-refractivity contribution < 1.29 is 14.1 Å². The summed E-state index contributed by atoms with van der Waals surface area (Å²) in [4.78, 5) is 14.2. The van der Waals surface area contributed by atoms with E-state index in [4.69, 9.17) is 4.74 Å². The molecule has 8 heteroatoms. The van der Waals surface area contributed by atoms with Gasteiger partial charge in [0.2, 0.25) is 5.82 Å². The molecule has 20 heavy (non-hydrogen) atoms. The summed E-state index contributed by atoms with van der Waals surface area (Å²) in [5, 5.41) is 13.6. The lowest BCUT2D eigenvalue weighted by atomic mass is 10.2. The van der Waals surface area contributed by atoms with Gasteiger partial charge in [-0.05, 0) is 28.1 Å². The number of aromatic nitrogens is 1. The van der Waals surface area contributed by atoms with Gasteiger partial charge in [-0.15, -0.1) is 0 Å². The van der Waals surface area contributed by atoms with E-state index in [1.165, 1.54) is 37.6 Å². The maximum Gasteiger partial charge on any atom is 0.312 e. The number of rotatable bonds is 4. The summed E-state index contributed by atoms with van der Waals surface area (Å²) in [6.45, 7) is 0. The Labute approximate surface area is 121 Å². The van der Waals surface area contributed by atoms with Crippen molar-refractivity contribution in [1.82, 2.24) is 4.98 Å². The summed E-state index contributed by atoms with van der Waals surface area (Å²) in [5.41, 5.74) is -0.219. The zero-order valence-electron chi connectivity index (χ0n) is 10.3. The average molecular weight is 342 g/mol. The number of hydrogen-bond acceptors (Lipinski definition) is 5.